The highest BCUT2D eigenvalue weighted by Gasteiger charge is 2.36. The van der Waals surface area contributed by atoms with Gasteiger partial charge in [0.2, 0.25) is 0 Å². The summed E-state index contributed by atoms with van der Waals surface area (Å²) in [5, 5.41) is 3.87. The number of carbonyl (C=O) groups is 3. The first-order valence-corrected chi connectivity index (χ1v) is 8.72. The molecule has 4 rings (SSSR count). The summed E-state index contributed by atoms with van der Waals surface area (Å²) in [7, 11) is 0. The van der Waals surface area contributed by atoms with Gasteiger partial charge in [-0.2, -0.15) is 0 Å². The van der Waals surface area contributed by atoms with E-state index in [4.69, 9.17) is 9.26 Å². The first-order chi connectivity index (χ1) is 13.1. The summed E-state index contributed by atoms with van der Waals surface area (Å²) in [5.41, 5.74) is 0.970. The van der Waals surface area contributed by atoms with Gasteiger partial charge in [-0.25, -0.2) is 0 Å². The Hall–Kier alpha value is -3.07. The molecule has 4 heterocycles. The maximum atomic E-state index is 12.7. The zero-order valence-corrected chi connectivity index (χ0v) is 14.5. The Kier molecular flexibility index (Phi) is 4.68. The maximum Gasteiger partial charge on any atom is 0.276 e. The Labute approximate surface area is 154 Å². The number of rotatable bonds is 3. The fraction of sp³-hybridized carbons (Fsp3) is 0.389. The maximum absolute atomic E-state index is 12.7. The molecule has 27 heavy (non-hydrogen) atoms. The summed E-state index contributed by atoms with van der Waals surface area (Å²) in [6, 6.07) is 5.00. The number of hydrogen-bond donors (Lipinski definition) is 0. The Morgan fingerprint density at radius 1 is 1.15 bits per heavy atom. The van der Waals surface area contributed by atoms with Gasteiger partial charge in [-0.05, 0) is 25.0 Å². The molecule has 0 aliphatic carbocycles. The van der Waals surface area contributed by atoms with Gasteiger partial charge in [0.25, 0.3) is 17.7 Å². The monoisotopic (exact) mass is 370 g/mol. The summed E-state index contributed by atoms with van der Waals surface area (Å²) in [6.07, 6.45) is 4.36. The summed E-state index contributed by atoms with van der Waals surface area (Å²) in [4.78, 5) is 43.6. The summed E-state index contributed by atoms with van der Waals surface area (Å²) < 4.78 is 10.2. The molecule has 0 radical (unpaired) electrons. The molecule has 2 aliphatic rings. The highest BCUT2D eigenvalue weighted by Crippen LogP contribution is 2.23. The van der Waals surface area contributed by atoms with Crippen molar-refractivity contribution in [2.45, 2.75) is 18.9 Å². The van der Waals surface area contributed by atoms with Crippen molar-refractivity contribution in [2.24, 2.45) is 0 Å². The third kappa shape index (κ3) is 3.45. The van der Waals surface area contributed by atoms with E-state index in [0.29, 0.717) is 31.7 Å². The Morgan fingerprint density at radius 2 is 1.89 bits per heavy atom. The van der Waals surface area contributed by atoms with Crippen LogP contribution in [0.3, 0.4) is 0 Å². The van der Waals surface area contributed by atoms with E-state index in [2.05, 4.69) is 10.1 Å². The van der Waals surface area contributed by atoms with Crippen LogP contribution in [0.5, 0.6) is 0 Å². The molecule has 2 aromatic heterocycles. The van der Waals surface area contributed by atoms with Crippen LogP contribution in [0.25, 0.3) is 11.3 Å². The third-order valence-electron chi connectivity index (χ3n) is 4.78. The van der Waals surface area contributed by atoms with Crippen LogP contribution in [-0.4, -0.2) is 70.0 Å². The molecular weight excluding hydrogens is 352 g/mol. The number of pyridine rings is 1. The molecule has 2 saturated heterocycles. The number of nitrogens with zero attached hydrogens (tertiary/aromatic N) is 4. The molecule has 2 aliphatic heterocycles. The molecule has 9 heteroatoms. The number of aromatic nitrogens is 2. The van der Waals surface area contributed by atoms with Gasteiger partial charge >= 0.3 is 0 Å². The van der Waals surface area contributed by atoms with E-state index < -0.39 is 0 Å². The molecule has 0 unspecified atom stereocenters. The van der Waals surface area contributed by atoms with Gasteiger partial charge in [0.15, 0.2) is 11.5 Å². The average molecular weight is 370 g/mol. The lowest BCUT2D eigenvalue weighted by molar-refractivity contribution is -0.162. The van der Waals surface area contributed by atoms with Crippen molar-refractivity contribution in [3.05, 3.63) is 36.3 Å². The second-order valence-corrected chi connectivity index (χ2v) is 6.49. The number of likely N-dealkylation sites (tertiary alicyclic amines) is 1. The van der Waals surface area contributed by atoms with Crippen molar-refractivity contribution >= 4 is 17.7 Å². The standard InChI is InChI=1S/C18H18N4O5/c23-16-10-26-11-17(24)22(16)13-3-6-21(7-4-13)18(25)14-8-15(27-20-14)12-2-1-5-19-9-12/h1-2,5,8-9,13H,3-4,6-7,10-11H2. The zero-order valence-electron chi connectivity index (χ0n) is 14.5. The molecular formula is C18H18N4O5. The van der Waals surface area contributed by atoms with Crippen LogP contribution in [0.1, 0.15) is 23.3 Å². The van der Waals surface area contributed by atoms with Crippen LogP contribution in [0.15, 0.2) is 35.1 Å². The zero-order chi connectivity index (χ0) is 18.8. The molecule has 0 atom stereocenters. The minimum atomic E-state index is -0.311. The van der Waals surface area contributed by atoms with Crippen LogP contribution in [0.2, 0.25) is 0 Å². The number of piperidine rings is 1. The largest absolute Gasteiger partial charge is 0.362 e. The minimum Gasteiger partial charge on any atom is -0.362 e. The van der Waals surface area contributed by atoms with E-state index in [1.807, 2.05) is 6.07 Å². The van der Waals surface area contributed by atoms with E-state index in [9.17, 15) is 14.4 Å². The van der Waals surface area contributed by atoms with Gasteiger partial charge < -0.3 is 14.2 Å². The SMILES string of the molecule is O=C(c1cc(-c2cccnc2)on1)N1CCC(N2C(=O)COCC2=O)CC1. The van der Waals surface area contributed by atoms with Crippen LogP contribution in [0, 0.1) is 0 Å². The predicted molar refractivity (Wildman–Crippen MR) is 91.3 cm³/mol. The molecule has 2 fully saturated rings. The molecule has 0 N–H and O–H groups in total. The number of hydrogen-bond acceptors (Lipinski definition) is 7. The van der Waals surface area contributed by atoms with Crippen LogP contribution in [0.4, 0.5) is 0 Å². The molecule has 0 spiro atoms. The number of carbonyl (C=O) groups excluding carboxylic acids is 3. The lowest BCUT2D eigenvalue weighted by atomic mass is 10.0. The second kappa shape index (κ2) is 7.28. The van der Waals surface area contributed by atoms with E-state index in [-0.39, 0.29) is 42.7 Å². The molecule has 3 amide bonds. The Bertz CT molecular complexity index is 842. The number of ether oxygens (including phenoxy) is 1. The van der Waals surface area contributed by atoms with Crippen LogP contribution in [-0.2, 0) is 14.3 Å². The van der Waals surface area contributed by atoms with E-state index in [1.54, 1.807) is 29.4 Å². The minimum absolute atomic E-state index is 0.0685. The highest BCUT2D eigenvalue weighted by molar-refractivity contribution is 5.98. The van der Waals surface area contributed by atoms with Gasteiger partial charge in [-0.1, -0.05) is 5.16 Å². The quantitative estimate of drug-likeness (QED) is 0.733. The lowest BCUT2D eigenvalue weighted by Gasteiger charge is -2.38. The second-order valence-electron chi connectivity index (χ2n) is 6.49. The number of morpholine rings is 1. The molecule has 0 saturated carbocycles. The molecule has 2 aromatic rings. The van der Waals surface area contributed by atoms with Gasteiger partial charge in [-0.3, -0.25) is 24.3 Å². The number of amides is 3. The van der Waals surface area contributed by atoms with Crippen LogP contribution < -0.4 is 0 Å². The first-order valence-electron chi connectivity index (χ1n) is 8.72. The fourth-order valence-corrected chi connectivity index (χ4v) is 3.42. The third-order valence-corrected chi connectivity index (χ3v) is 4.78. The van der Waals surface area contributed by atoms with Gasteiger partial charge in [-0.15, -0.1) is 0 Å². The van der Waals surface area contributed by atoms with E-state index in [0.717, 1.165) is 5.56 Å². The molecule has 0 aromatic carbocycles. The normalized spacial score (nSPS) is 18.8. The molecule has 9 nitrogen and oxygen atoms in total. The van der Waals surface area contributed by atoms with E-state index in [1.165, 1.54) is 4.90 Å². The van der Waals surface area contributed by atoms with Crippen molar-refractivity contribution in [2.75, 3.05) is 26.3 Å². The van der Waals surface area contributed by atoms with Crippen molar-refractivity contribution in [3.8, 4) is 11.3 Å². The lowest BCUT2D eigenvalue weighted by Crippen LogP contribution is -2.55. The molecule has 0 bridgehead atoms. The average Bonchev–Trinajstić information content (AvgIpc) is 3.19. The Balaban J connectivity index is 1.40. The van der Waals surface area contributed by atoms with Gasteiger partial charge in [0, 0.05) is 43.2 Å². The van der Waals surface area contributed by atoms with Crippen molar-refractivity contribution in [1.29, 1.82) is 0 Å². The topological polar surface area (TPSA) is 106 Å². The molecule has 140 valence electrons. The predicted octanol–water partition coefficient (Wildman–Crippen LogP) is 0.727. The van der Waals surface area contributed by atoms with Gasteiger partial charge in [0.05, 0.1) is 0 Å². The van der Waals surface area contributed by atoms with Gasteiger partial charge in [0.1, 0.15) is 13.2 Å². The smallest absolute Gasteiger partial charge is 0.276 e. The Morgan fingerprint density at radius 3 is 2.56 bits per heavy atom. The van der Waals surface area contributed by atoms with Crippen LogP contribution >= 0.6 is 0 Å². The fourth-order valence-electron chi connectivity index (χ4n) is 3.42. The summed E-state index contributed by atoms with van der Waals surface area (Å²) in [6.45, 7) is 0.745. The summed E-state index contributed by atoms with van der Waals surface area (Å²) >= 11 is 0. The van der Waals surface area contributed by atoms with Crippen molar-refractivity contribution < 1.29 is 23.6 Å². The van der Waals surface area contributed by atoms with E-state index >= 15 is 0 Å². The summed E-state index contributed by atoms with van der Waals surface area (Å²) in [5.74, 6) is -0.375. The highest BCUT2D eigenvalue weighted by atomic mass is 16.5. The van der Waals surface area contributed by atoms with Crippen molar-refractivity contribution in [1.82, 2.24) is 19.9 Å². The van der Waals surface area contributed by atoms with Crippen molar-refractivity contribution in [3.63, 3.8) is 0 Å². The first kappa shape index (κ1) is 17.3. The number of imide groups is 1.